The van der Waals surface area contributed by atoms with E-state index in [2.05, 4.69) is 17.6 Å². The molecule has 1 aliphatic rings. The molecule has 1 fully saturated rings. The molecule has 0 unspecified atom stereocenters. The highest BCUT2D eigenvalue weighted by Gasteiger charge is 2.23. The Morgan fingerprint density at radius 3 is 2.40 bits per heavy atom. The maximum Gasteiger partial charge on any atom is 0.270 e. The standard InChI is InChI=1S/C22H24ClN3O4/c1-2-14-7-9-15(10-8-14)24-22(28)18-5-3-4-6-20(18)25-21(27)17-12-11-16(26(29)30)13-19(17)23/h3-6,11-15H,2,7-10H2,1H3,(H,24,28)(H,25,27). The van der Waals surface area contributed by atoms with Gasteiger partial charge in [-0.05, 0) is 49.8 Å². The second-order valence-corrected chi connectivity index (χ2v) is 7.93. The third-order valence-electron chi connectivity index (χ3n) is 5.59. The molecule has 8 heteroatoms. The number of nitrogens with one attached hydrogen (secondary N) is 2. The topological polar surface area (TPSA) is 101 Å². The average molecular weight is 430 g/mol. The number of nitro benzene ring substituents is 1. The summed E-state index contributed by atoms with van der Waals surface area (Å²) in [7, 11) is 0. The zero-order valence-electron chi connectivity index (χ0n) is 16.7. The molecular formula is C22H24ClN3O4. The Labute approximate surface area is 180 Å². The third-order valence-corrected chi connectivity index (χ3v) is 5.90. The van der Waals surface area contributed by atoms with Gasteiger partial charge in [-0.1, -0.05) is 37.1 Å². The Morgan fingerprint density at radius 1 is 1.07 bits per heavy atom. The summed E-state index contributed by atoms with van der Waals surface area (Å²) in [6, 6.07) is 10.5. The minimum Gasteiger partial charge on any atom is -0.349 e. The van der Waals surface area contributed by atoms with Crippen molar-refractivity contribution in [1.82, 2.24) is 5.32 Å². The molecule has 2 aromatic carbocycles. The van der Waals surface area contributed by atoms with E-state index in [1.54, 1.807) is 24.3 Å². The average Bonchev–Trinajstić information content (AvgIpc) is 2.74. The molecule has 2 amide bonds. The van der Waals surface area contributed by atoms with Crippen LogP contribution in [0.3, 0.4) is 0 Å². The van der Waals surface area contributed by atoms with Crippen LogP contribution in [0.25, 0.3) is 0 Å². The smallest absolute Gasteiger partial charge is 0.270 e. The second kappa shape index (κ2) is 9.71. The van der Waals surface area contributed by atoms with Gasteiger partial charge in [-0.3, -0.25) is 19.7 Å². The fraction of sp³-hybridized carbons (Fsp3) is 0.364. The van der Waals surface area contributed by atoms with Crippen molar-refractivity contribution in [2.45, 2.75) is 45.1 Å². The number of carbonyl (C=O) groups is 2. The number of halogens is 1. The predicted molar refractivity (Wildman–Crippen MR) is 116 cm³/mol. The summed E-state index contributed by atoms with van der Waals surface area (Å²) in [6.07, 6.45) is 5.30. The van der Waals surface area contributed by atoms with Crippen molar-refractivity contribution in [2.75, 3.05) is 5.32 Å². The van der Waals surface area contributed by atoms with Gasteiger partial charge < -0.3 is 10.6 Å². The number of carbonyl (C=O) groups excluding carboxylic acids is 2. The van der Waals surface area contributed by atoms with Crippen molar-refractivity contribution in [2.24, 2.45) is 5.92 Å². The van der Waals surface area contributed by atoms with E-state index >= 15 is 0 Å². The van der Waals surface area contributed by atoms with Crippen LogP contribution >= 0.6 is 11.6 Å². The lowest BCUT2D eigenvalue weighted by molar-refractivity contribution is -0.384. The maximum atomic E-state index is 12.8. The summed E-state index contributed by atoms with van der Waals surface area (Å²) in [4.78, 5) is 35.7. The molecule has 0 bridgehead atoms. The van der Waals surface area contributed by atoms with Gasteiger partial charge in [0, 0.05) is 18.2 Å². The minimum absolute atomic E-state index is 0.0312. The lowest BCUT2D eigenvalue weighted by Crippen LogP contribution is -2.38. The van der Waals surface area contributed by atoms with Gasteiger partial charge in [0.15, 0.2) is 0 Å². The normalized spacial score (nSPS) is 18.5. The van der Waals surface area contributed by atoms with Gasteiger partial charge in [0.05, 0.1) is 26.8 Å². The molecular weight excluding hydrogens is 406 g/mol. The van der Waals surface area contributed by atoms with Crippen LogP contribution < -0.4 is 10.6 Å². The van der Waals surface area contributed by atoms with Crippen LogP contribution in [0.5, 0.6) is 0 Å². The lowest BCUT2D eigenvalue weighted by atomic mass is 9.84. The Morgan fingerprint density at radius 2 is 1.77 bits per heavy atom. The number of amides is 2. The van der Waals surface area contributed by atoms with Gasteiger partial charge in [-0.15, -0.1) is 0 Å². The van der Waals surface area contributed by atoms with E-state index < -0.39 is 10.8 Å². The highest BCUT2D eigenvalue weighted by molar-refractivity contribution is 6.34. The number of hydrogen-bond acceptors (Lipinski definition) is 4. The first-order valence-corrected chi connectivity index (χ1v) is 10.4. The summed E-state index contributed by atoms with van der Waals surface area (Å²) in [5.41, 5.74) is 0.614. The molecule has 7 nitrogen and oxygen atoms in total. The number of rotatable bonds is 6. The van der Waals surface area contributed by atoms with Crippen LogP contribution in [0.15, 0.2) is 42.5 Å². The molecule has 1 aliphatic carbocycles. The van der Waals surface area contributed by atoms with Gasteiger partial charge in [0.1, 0.15) is 0 Å². The molecule has 2 aromatic rings. The first kappa shape index (κ1) is 21.8. The van der Waals surface area contributed by atoms with Crippen LogP contribution in [-0.2, 0) is 0 Å². The van der Waals surface area contributed by atoms with Crippen LogP contribution in [0.1, 0.15) is 59.7 Å². The molecule has 30 heavy (non-hydrogen) atoms. The van der Waals surface area contributed by atoms with Crippen molar-refractivity contribution in [3.05, 3.63) is 68.7 Å². The number of hydrogen-bond donors (Lipinski definition) is 2. The highest BCUT2D eigenvalue weighted by atomic mass is 35.5. The minimum atomic E-state index is -0.582. The van der Waals surface area contributed by atoms with Gasteiger partial charge in [-0.25, -0.2) is 0 Å². The summed E-state index contributed by atoms with van der Waals surface area (Å²) < 4.78 is 0. The van der Waals surface area contributed by atoms with E-state index in [1.165, 1.54) is 18.6 Å². The molecule has 1 saturated carbocycles. The number of para-hydroxylation sites is 1. The second-order valence-electron chi connectivity index (χ2n) is 7.52. The predicted octanol–water partition coefficient (Wildman–Crippen LogP) is 5.20. The largest absolute Gasteiger partial charge is 0.349 e. The number of anilines is 1. The first-order chi connectivity index (χ1) is 14.4. The van der Waals surface area contributed by atoms with Gasteiger partial charge in [0.25, 0.3) is 17.5 Å². The molecule has 3 rings (SSSR count). The van der Waals surface area contributed by atoms with Crippen molar-refractivity contribution in [3.63, 3.8) is 0 Å². The molecule has 0 atom stereocenters. The Hall–Kier alpha value is -2.93. The van der Waals surface area contributed by atoms with Crippen molar-refractivity contribution in [3.8, 4) is 0 Å². The van der Waals surface area contributed by atoms with Gasteiger partial charge >= 0.3 is 0 Å². The molecule has 0 spiro atoms. The Bertz CT molecular complexity index is 955. The van der Waals surface area contributed by atoms with Crippen molar-refractivity contribution < 1.29 is 14.5 Å². The summed E-state index contributed by atoms with van der Waals surface area (Å²) in [5.74, 6) is -0.0459. The number of nitrogens with zero attached hydrogens (tertiary/aromatic N) is 1. The molecule has 0 radical (unpaired) electrons. The highest BCUT2D eigenvalue weighted by Crippen LogP contribution is 2.27. The SMILES string of the molecule is CCC1CCC(NC(=O)c2ccccc2NC(=O)c2ccc([N+](=O)[O-])cc2Cl)CC1. The van der Waals surface area contributed by atoms with E-state index in [-0.39, 0.29) is 28.2 Å². The van der Waals surface area contributed by atoms with Crippen LogP contribution in [0.2, 0.25) is 5.02 Å². The zero-order chi connectivity index (χ0) is 21.7. The zero-order valence-corrected chi connectivity index (χ0v) is 17.4. The van der Waals surface area contributed by atoms with E-state index in [1.807, 2.05) is 0 Å². The summed E-state index contributed by atoms with van der Waals surface area (Å²) in [5, 5.41) is 16.6. The van der Waals surface area contributed by atoms with E-state index in [0.717, 1.165) is 37.7 Å². The molecule has 0 heterocycles. The van der Waals surface area contributed by atoms with Crippen LogP contribution in [0, 0.1) is 16.0 Å². The molecule has 2 N–H and O–H groups in total. The van der Waals surface area contributed by atoms with E-state index in [4.69, 9.17) is 11.6 Å². The number of benzene rings is 2. The molecule has 158 valence electrons. The quantitative estimate of drug-likeness (QED) is 0.486. The summed E-state index contributed by atoms with van der Waals surface area (Å²) >= 11 is 6.04. The van der Waals surface area contributed by atoms with Crippen LogP contribution in [0.4, 0.5) is 11.4 Å². The lowest BCUT2D eigenvalue weighted by Gasteiger charge is -2.28. The molecule has 0 aliphatic heterocycles. The maximum absolute atomic E-state index is 12.8. The number of non-ortho nitro benzene ring substituents is 1. The Kier molecular flexibility index (Phi) is 7.05. The van der Waals surface area contributed by atoms with Crippen molar-refractivity contribution in [1.29, 1.82) is 0 Å². The first-order valence-electron chi connectivity index (χ1n) is 10.0. The number of nitro groups is 1. The third kappa shape index (κ3) is 5.16. The van der Waals surface area contributed by atoms with Gasteiger partial charge in [0.2, 0.25) is 0 Å². The monoisotopic (exact) mass is 429 g/mol. The molecule has 0 aromatic heterocycles. The fourth-order valence-electron chi connectivity index (χ4n) is 3.76. The van der Waals surface area contributed by atoms with E-state index in [0.29, 0.717) is 11.3 Å². The summed E-state index contributed by atoms with van der Waals surface area (Å²) in [6.45, 7) is 2.19. The Balaban J connectivity index is 1.71. The van der Waals surface area contributed by atoms with Gasteiger partial charge in [-0.2, -0.15) is 0 Å². The van der Waals surface area contributed by atoms with E-state index in [9.17, 15) is 19.7 Å². The molecule has 0 saturated heterocycles. The fourth-order valence-corrected chi connectivity index (χ4v) is 4.02. The van der Waals surface area contributed by atoms with Crippen LogP contribution in [-0.4, -0.2) is 22.8 Å². The van der Waals surface area contributed by atoms with Crippen molar-refractivity contribution >= 4 is 34.8 Å².